The Hall–Kier alpha value is -1.76. The second kappa shape index (κ2) is 5.93. The van der Waals surface area contributed by atoms with Crippen molar-refractivity contribution in [3.63, 3.8) is 0 Å². The van der Waals surface area contributed by atoms with E-state index in [1.807, 2.05) is 6.92 Å². The number of amides is 1. The Morgan fingerprint density at radius 1 is 1.38 bits per heavy atom. The van der Waals surface area contributed by atoms with E-state index in [1.165, 1.54) is 24.2 Å². The summed E-state index contributed by atoms with van der Waals surface area (Å²) < 4.78 is 40.7. The summed E-state index contributed by atoms with van der Waals surface area (Å²) in [6, 6.07) is 3.34. The number of nitrogens with zero attached hydrogens (tertiary/aromatic N) is 1. The van der Waals surface area contributed by atoms with Crippen molar-refractivity contribution in [3.8, 4) is 0 Å². The molecule has 0 spiro atoms. The third-order valence-electron chi connectivity index (χ3n) is 3.02. The average molecular weight is 314 g/mol. The fourth-order valence-corrected chi connectivity index (χ4v) is 2.31. The molecule has 2 aromatic rings. The van der Waals surface area contributed by atoms with Crippen molar-refractivity contribution in [3.05, 3.63) is 41.1 Å². The highest BCUT2D eigenvalue weighted by Crippen LogP contribution is 2.32. The number of halogens is 3. The zero-order chi connectivity index (χ0) is 15.6. The van der Waals surface area contributed by atoms with Gasteiger partial charge in [0.1, 0.15) is 0 Å². The number of hydrogen-bond acceptors (Lipinski definition) is 3. The molecule has 0 radical (unpaired) electrons. The lowest BCUT2D eigenvalue weighted by molar-refractivity contribution is -0.137. The number of alkyl halides is 3. The van der Waals surface area contributed by atoms with Crippen LogP contribution in [0.5, 0.6) is 0 Å². The summed E-state index contributed by atoms with van der Waals surface area (Å²) in [6.07, 6.45) is -3.10. The molecule has 0 unspecified atom stereocenters. The number of pyridine rings is 1. The molecule has 21 heavy (non-hydrogen) atoms. The molecule has 1 heterocycles. The van der Waals surface area contributed by atoms with Crippen LogP contribution in [-0.4, -0.2) is 16.6 Å². The van der Waals surface area contributed by atoms with Crippen LogP contribution >= 0.6 is 11.9 Å². The summed E-state index contributed by atoms with van der Waals surface area (Å²) in [6.45, 7) is 3.60. The smallest absolute Gasteiger partial charge is 0.296 e. The number of rotatable bonds is 3. The van der Waals surface area contributed by atoms with Gasteiger partial charge in [0, 0.05) is 17.3 Å². The van der Waals surface area contributed by atoms with Crippen LogP contribution < -0.4 is 4.72 Å². The van der Waals surface area contributed by atoms with E-state index >= 15 is 0 Å². The molecule has 0 aliphatic carbocycles. The molecule has 0 aliphatic heterocycles. The van der Waals surface area contributed by atoms with Crippen molar-refractivity contribution in [1.29, 1.82) is 0 Å². The van der Waals surface area contributed by atoms with Crippen molar-refractivity contribution in [1.82, 2.24) is 9.71 Å². The van der Waals surface area contributed by atoms with Crippen LogP contribution in [-0.2, 0) is 6.18 Å². The van der Waals surface area contributed by atoms with Crippen molar-refractivity contribution in [2.45, 2.75) is 20.0 Å². The standard InChI is InChI=1S/C14H13F3N2OS/c1-3-21-19-13(20)11-7-18-12-6-9(14(15,16)17)4-5-10(12)8(11)2/h4-7H,3H2,1-2H3,(H,19,20). The molecule has 3 nitrogen and oxygen atoms in total. The van der Waals surface area contributed by atoms with Gasteiger partial charge in [0.05, 0.1) is 16.6 Å². The van der Waals surface area contributed by atoms with Gasteiger partial charge in [-0.15, -0.1) is 0 Å². The highest BCUT2D eigenvalue weighted by atomic mass is 32.2. The molecule has 7 heteroatoms. The Morgan fingerprint density at radius 2 is 2.10 bits per heavy atom. The van der Waals surface area contributed by atoms with E-state index in [4.69, 9.17) is 0 Å². The Labute approximate surface area is 124 Å². The lowest BCUT2D eigenvalue weighted by Gasteiger charge is -2.11. The topological polar surface area (TPSA) is 42.0 Å². The van der Waals surface area contributed by atoms with Gasteiger partial charge in [0.25, 0.3) is 5.91 Å². The Morgan fingerprint density at radius 3 is 2.71 bits per heavy atom. The molecule has 0 saturated carbocycles. The first-order valence-corrected chi connectivity index (χ1v) is 7.22. The number of carbonyl (C=O) groups excluding carboxylic acids is 1. The van der Waals surface area contributed by atoms with Gasteiger partial charge in [-0.3, -0.25) is 14.5 Å². The molecule has 0 atom stereocenters. The fraction of sp³-hybridized carbons (Fsp3) is 0.286. The minimum Gasteiger partial charge on any atom is -0.296 e. The number of benzene rings is 1. The van der Waals surface area contributed by atoms with Crippen LogP contribution in [0.3, 0.4) is 0 Å². The highest BCUT2D eigenvalue weighted by Gasteiger charge is 2.30. The molecule has 1 amide bonds. The van der Waals surface area contributed by atoms with Crippen molar-refractivity contribution >= 4 is 28.8 Å². The van der Waals surface area contributed by atoms with E-state index in [-0.39, 0.29) is 11.4 Å². The molecule has 1 N–H and O–H groups in total. The van der Waals surface area contributed by atoms with E-state index in [9.17, 15) is 18.0 Å². The third kappa shape index (κ3) is 3.29. The molecule has 0 bridgehead atoms. The molecule has 1 aromatic heterocycles. The first-order valence-electron chi connectivity index (χ1n) is 6.23. The van der Waals surface area contributed by atoms with Gasteiger partial charge in [-0.2, -0.15) is 13.2 Å². The molecular formula is C14H13F3N2OS. The van der Waals surface area contributed by atoms with Crippen LogP contribution in [0, 0.1) is 6.92 Å². The van der Waals surface area contributed by atoms with Crippen LogP contribution in [0.2, 0.25) is 0 Å². The number of aryl methyl sites for hydroxylation is 1. The van der Waals surface area contributed by atoms with Gasteiger partial charge >= 0.3 is 6.18 Å². The zero-order valence-corrected chi connectivity index (χ0v) is 12.2. The lowest BCUT2D eigenvalue weighted by Crippen LogP contribution is -2.17. The predicted octanol–water partition coefficient (Wildman–Crippen LogP) is 3.96. The van der Waals surface area contributed by atoms with Crippen LogP contribution in [0.15, 0.2) is 24.4 Å². The Balaban J connectivity index is 2.46. The summed E-state index contributed by atoms with van der Waals surface area (Å²) in [5.41, 5.74) is 0.453. The molecule has 0 aliphatic rings. The highest BCUT2D eigenvalue weighted by molar-refractivity contribution is 7.97. The Bertz CT molecular complexity index is 686. The minimum absolute atomic E-state index is 0.224. The second-order valence-electron chi connectivity index (χ2n) is 4.39. The maximum absolute atomic E-state index is 12.7. The quantitative estimate of drug-likeness (QED) is 0.872. The summed E-state index contributed by atoms with van der Waals surface area (Å²) >= 11 is 1.25. The third-order valence-corrected chi connectivity index (χ3v) is 3.64. The summed E-state index contributed by atoms with van der Waals surface area (Å²) in [4.78, 5) is 15.9. The summed E-state index contributed by atoms with van der Waals surface area (Å²) in [5, 5.41) is 0.539. The van der Waals surface area contributed by atoms with Crippen molar-refractivity contribution in [2.75, 3.05) is 5.75 Å². The van der Waals surface area contributed by atoms with Gasteiger partial charge in [-0.1, -0.05) is 24.9 Å². The molecular weight excluding hydrogens is 301 g/mol. The van der Waals surface area contributed by atoms with E-state index in [0.29, 0.717) is 16.5 Å². The van der Waals surface area contributed by atoms with Gasteiger partial charge in [0.2, 0.25) is 0 Å². The Kier molecular flexibility index (Phi) is 4.41. The van der Waals surface area contributed by atoms with Gasteiger partial charge in [-0.25, -0.2) is 0 Å². The van der Waals surface area contributed by atoms with E-state index in [0.717, 1.165) is 17.9 Å². The van der Waals surface area contributed by atoms with E-state index < -0.39 is 11.7 Å². The van der Waals surface area contributed by atoms with Gasteiger partial charge in [0.15, 0.2) is 0 Å². The number of fused-ring (bicyclic) bond motifs is 1. The summed E-state index contributed by atoms with van der Waals surface area (Å²) in [5.74, 6) is 0.425. The van der Waals surface area contributed by atoms with Gasteiger partial charge in [-0.05, 0) is 24.6 Å². The number of carbonyl (C=O) groups is 1. The number of hydrogen-bond donors (Lipinski definition) is 1. The van der Waals surface area contributed by atoms with Crippen LogP contribution in [0.25, 0.3) is 10.9 Å². The van der Waals surface area contributed by atoms with Gasteiger partial charge < -0.3 is 0 Å². The average Bonchev–Trinajstić information content (AvgIpc) is 2.43. The first-order chi connectivity index (χ1) is 9.84. The molecule has 2 rings (SSSR count). The maximum atomic E-state index is 12.7. The van der Waals surface area contributed by atoms with Crippen LogP contribution in [0.1, 0.15) is 28.4 Å². The SMILES string of the molecule is CCSNC(=O)c1cnc2cc(C(F)(F)F)ccc2c1C. The monoisotopic (exact) mass is 314 g/mol. The largest absolute Gasteiger partial charge is 0.416 e. The minimum atomic E-state index is -4.41. The molecule has 0 fully saturated rings. The summed E-state index contributed by atoms with van der Waals surface area (Å²) in [7, 11) is 0. The predicted molar refractivity (Wildman–Crippen MR) is 77.1 cm³/mol. The van der Waals surface area contributed by atoms with Crippen LogP contribution in [0.4, 0.5) is 13.2 Å². The van der Waals surface area contributed by atoms with E-state index in [2.05, 4.69) is 9.71 Å². The second-order valence-corrected chi connectivity index (χ2v) is 5.46. The fourth-order valence-electron chi connectivity index (χ4n) is 1.93. The number of nitrogens with one attached hydrogen (secondary N) is 1. The maximum Gasteiger partial charge on any atom is 0.416 e. The molecule has 0 saturated heterocycles. The lowest BCUT2D eigenvalue weighted by atomic mass is 10.0. The normalized spacial score (nSPS) is 11.7. The zero-order valence-electron chi connectivity index (χ0n) is 11.4. The first kappa shape index (κ1) is 15.6. The van der Waals surface area contributed by atoms with Crippen molar-refractivity contribution in [2.24, 2.45) is 0 Å². The molecule has 1 aromatic carbocycles. The molecule has 112 valence electrons. The van der Waals surface area contributed by atoms with Crippen molar-refractivity contribution < 1.29 is 18.0 Å². The number of aromatic nitrogens is 1. The van der Waals surface area contributed by atoms with E-state index in [1.54, 1.807) is 6.92 Å².